The summed E-state index contributed by atoms with van der Waals surface area (Å²) >= 11 is 0. The Kier molecular flexibility index (Phi) is 6.54. The molecule has 0 saturated carbocycles. The average Bonchev–Trinajstić information content (AvgIpc) is 3.79. The molecule has 2 nitrogen and oxygen atoms in total. The predicted molar refractivity (Wildman–Crippen MR) is 209 cm³/mol. The fourth-order valence-electron chi connectivity index (χ4n) is 9.04. The third-order valence-electron chi connectivity index (χ3n) is 11.0. The Morgan fingerprint density at radius 1 is 0.540 bits per heavy atom. The maximum absolute atomic E-state index is 5.08. The zero-order valence-corrected chi connectivity index (χ0v) is 28.1. The van der Waals surface area contributed by atoms with Crippen molar-refractivity contribution < 1.29 is 0 Å². The first kappa shape index (κ1) is 29.0. The lowest BCUT2D eigenvalue weighted by Crippen LogP contribution is -2.25. The minimum atomic E-state index is -0.354. The van der Waals surface area contributed by atoms with Gasteiger partial charge in [-0.05, 0) is 86.3 Å². The van der Waals surface area contributed by atoms with Gasteiger partial charge >= 0.3 is 0 Å². The summed E-state index contributed by atoms with van der Waals surface area (Å²) in [6.45, 7) is 2.93. The minimum Gasteiger partial charge on any atom is -0.309 e. The van der Waals surface area contributed by atoms with Crippen molar-refractivity contribution in [3.63, 3.8) is 0 Å². The van der Waals surface area contributed by atoms with E-state index in [-0.39, 0.29) is 5.41 Å². The van der Waals surface area contributed by atoms with Gasteiger partial charge in [-0.3, -0.25) is 4.99 Å². The lowest BCUT2D eigenvalue weighted by Gasteiger charge is -2.30. The fourth-order valence-corrected chi connectivity index (χ4v) is 9.04. The van der Waals surface area contributed by atoms with Crippen molar-refractivity contribution in [2.75, 3.05) is 0 Å². The van der Waals surface area contributed by atoms with E-state index in [4.69, 9.17) is 4.99 Å². The standard InChI is InChI=1S/C48H36N2/c1-2-14-43(49-31-32-15-4-3-5-16-32)33-25-27-34(28-26-33)50-44-24-13-9-20-38(44)47-45(50)30-29-42-46(47)37-19-8-12-23-41(37)48(42)39-21-10-6-17-35(39)36-18-7-11-22-40(36)48/h3-13,15-30H,2,14,31H2,1H3. The summed E-state index contributed by atoms with van der Waals surface area (Å²) in [7, 11) is 0. The molecule has 2 aliphatic rings. The summed E-state index contributed by atoms with van der Waals surface area (Å²) in [6, 6.07) is 60.6. The number of benzene rings is 7. The maximum Gasteiger partial charge on any atom is 0.0725 e. The van der Waals surface area contributed by atoms with Gasteiger partial charge in [-0.25, -0.2) is 0 Å². The highest BCUT2D eigenvalue weighted by Gasteiger charge is 2.52. The number of fused-ring (bicyclic) bond motifs is 14. The van der Waals surface area contributed by atoms with Gasteiger partial charge in [0.1, 0.15) is 0 Å². The van der Waals surface area contributed by atoms with Gasteiger partial charge in [-0.2, -0.15) is 0 Å². The zero-order valence-electron chi connectivity index (χ0n) is 28.1. The first-order valence-corrected chi connectivity index (χ1v) is 17.8. The molecular formula is C48H36N2. The Balaban J connectivity index is 1.19. The predicted octanol–water partition coefficient (Wildman–Crippen LogP) is 11.9. The third-order valence-corrected chi connectivity index (χ3v) is 11.0. The summed E-state index contributed by atoms with van der Waals surface area (Å²) in [5.41, 5.74) is 17.7. The van der Waals surface area contributed by atoms with Crippen molar-refractivity contribution in [3.8, 4) is 27.9 Å². The van der Waals surface area contributed by atoms with E-state index in [1.807, 2.05) is 0 Å². The van der Waals surface area contributed by atoms with Crippen LogP contribution in [0.3, 0.4) is 0 Å². The Bertz CT molecular complexity index is 2580. The Morgan fingerprint density at radius 3 is 1.84 bits per heavy atom. The molecule has 50 heavy (non-hydrogen) atoms. The lowest BCUT2D eigenvalue weighted by atomic mass is 9.70. The van der Waals surface area contributed by atoms with Crippen LogP contribution in [0.15, 0.2) is 169 Å². The molecule has 0 amide bonds. The van der Waals surface area contributed by atoms with Crippen LogP contribution in [0.2, 0.25) is 0 Å². The number of aliphatic imine (C=N–C) groups is 1. The van der Waals surface area contributed by atoms with Crippen LogP contribution >= 0.6 is 0 Å². The molecule has 0 atom stereocenters. The molecule has 0 saturated heterocycles. The van der Waals surface area contributed by atoms with Crippen LogP contribution in [0.1, 0.15) is 53.1 Å². The molecule has 10 rings (SSSR count). The minimum absolute atomic E-state index is 0.354. The van der Waals surface area contributed by atoms with Crippen molar-refractivity contribution in [2.45, 2.75) is 31.7 Å². The van der Waals surface area contributed by atoms with Crippen LogP contribution in [0.4, 0.5) is 0 Å². The second kappa shape index (κ2) is 11.3. The molecule has 0 radical (unpaired) electrons. The number of rotatable bonds is 6. The molecule has 1 aromatic heterocycles. The van der Waals surface area contributed by atoms with Crippen molar-refractivity contribution in [3.05, 3.63) is 197 Å². The van der Waals surface area contributed by atoms with Crippen LogP contribution in [-0.2, 0) is 12.0 Å². The van der Waals surface area contributed by atoms with Crippen molar-refractivity contribution in [2.24, 2.45) is 4.99 Å². The topological polar surface area (TPSA) is 17.3 Å². The van der Waals surface area contributed by atoms with Crippen LogP contribution in [0.25, 0.3) is 49.7 Å². The van der Waals surface area contributed by atoms with E-state index in [0.717, 1.165) is 18.5 Å². The summed E-state index contributed by atoms with van der Waals surface area (Å²) in [6.07, 6.45) is 2.02. The molecule has 0 bridgehead atoms. The quantitative estimate of drug-likeness (QED) is 0.161. The molecule has 0 aliphatic heterocycles. The molecule has 0 unspecified atom stereocenters. The lowest BCUT2D eigenvalue weighted by molar-refractivity contribution is 0.794. The van der Waals surface area contributed by atoms with E-state index < -0.39 is 0 Å². The molecule has 7 aromatic carbocycles. The normalized spacial score (nSPS) is 13.8. The van der Waals surface area contributed by atoms with Gasteiger partial charge in [0.25, 0.3) is 0 Å². The highest BCUT2D eigenvalue weighted by atomic mass is 15.0. The monoisotopic (exact) mass is 640 g/mol. The molecule has 2 aliphatic carbocycles. The first-order valence-electron chi connectivity index (χ1n) is 17.8. The van der Waals surface area contributed by atoms with Gasteiger partial charge in [-0.15, -0.1) is 0 Å². The number of para-hydroxylation sites is 1. The summed E-state index contributed by atoms with van der Waals surface area (Å²) in [4.78, 5) is 5.08. The van der Waals surface area contributed by atoms with E-state index in [2.05, 4.69) is 175 Å². The van der Waals surface area contributed by atoms with Gasteiger partial charge < -0.3 is 4.57 Å². The molecule has 2 heteroatoms. The van der Waals surface area contributed by atoms with Gasteiger partial charge in [-0.1, -0.05) is 153 Å². The molecule has 0 N–H and O–H groups in total. The Hall–Kier alpha value is -5.99. The Morgan fingerprint density at radius 2 is 1.14 bits per heavy atom. The number of aromatic nitrogens is 1. The third kappa shape index (κ3) is 3.99. The van der Waals surface area contributed by atoms with E-state index >= 15 is 0 Å². The SMILES string of the molecule is CCCC(=NCc1ccccc1)c1ccc(-n2c3ccccc3c3c4c(ccc32)C2(c3ccccc3-c3ccccc32)c2ccccc2-4)cc1. The first-order chi connectivity index (χ1) is 24.8. The van der Waals surface area contributed by atoms with Gasteiger partial charge in [0.15, 0.2) is 0 Å². The van der Waals surface area contributed by atoms with Crippen LogP contribution in [0.5, 0.6) is 0 Å². The van der Waals surface area contributed by atoms with Crippen molar-refractivity contribution in [1.82, 2.24) is 4.57 Å². The molecular weight excluding hydrogens is 605 g/mol. The van der Waals surface area contributed by atoms with Crippen molar-refractivity contribution in [1.29, 1.82) is 0 Å². The summed E-state index contributed by atoms with van der Waals surface area (Å²) in [5, 5.41) is 2.61. The van der Waals surface area contributed by atoms with Gasteiger partial charge in [0.2, 0.25) is 0 Å². The highest BCUT2D eigenvalue weighted by molar-refractivity contribution is 6.19. The van der Waals surface area contributed by atoms with Crippen molar-refractivity contribution >= 4 is 27.5 Å². The largest absolute Gasteiger partial charge is 0.309 e. The maximum atomic E-state index is 5.08. The summed E-state index contributed by atoms with van der Waals surface area (Å²) < 4.78 is 2.46. The van der Waals surface area contributed by atoms with E-state index in [1.54, 1.807) is 0 Å². The van der Waals surface area contributed by atoms with E-state index in [0.29, 0.717) is 6.54 Å². The molecule has 1 heterocycles. The smallest absolute Gasteiger partial charge is 0.0725 e. The second-order valence-corrected chi connectivity index (χ2v) is 13.7. The molecule has 0 fully saturated rings. The van der Waals surface area contributed by atoms with E-state index in [9.17, 15) is 0 Å². The van der Waals surface area contributed by atoms with Crippen LogP contribution in [0, 0.1) is 0 Å². The molecule has 1 spiro atoms. The van der Waals surface area contributed by atoms with Crippen LogP contribution in [-0.4, -0.2) is 10.3 Å². The van der Waals surface area contributed by atoms with Crippen LogP contribution < -0.4 is 0 Å². The fraction of sp³-hybridized carbons (Fsp3) is 0.104. The number of nitrogens with zero attached hydrogens (tertiary/aromatic N) is 2. The molecule has 238 valence electrons. The zero-order chi connectivity index (χ0) is 33.2. The van der Waals surface area contributed by atoms with Gasteiger partial charge in [0.05, 0.1) is 23.0 Å². The number of hydrogen-bond acceptors (Lipinski definition) is 1. The average molecular weight is 641 g/mol. The Labute approximate surface area is 293 Å². The molecule has 8 aromatic rings. The summed E-state index contributed by atoms with van der Waals surface area (Å²) in [5.74, 6) is 0. The van der Waals surface area contributed by atoms with Gasteiger partial charge in [0, 0.05) is 22.2 Å². The number of hydrogen-bond donors (Lipinski definition) is 0. The van der Waals surface area contributed by atoms with E-state index in [1.165, 1.54) is 83.2 Å². The second-order valence-electron chi connectivity index (χ2n) is 13.7. The highest BCUT2D eigenvalue weighted by Crippen LogP contribution is 2.64.